The number of hydrogen-bond acceptors (Lipinski definition) is 0. The zero-order valence-electron chi connectivity index (χ0n) is 31.6. The molecule has 12 rings (SSSR count). The first-order valence-corrected chi connectivity index (χ1v) is 19.5. The Balaban J connectivity index is 0.000000133. The molecule has 4 aliphatic heterocycles. The van der Waals surface area contributed by atoms with Gasteiger partial charge in [0.1, 0.15) is 12.4 Å². The topological polar surface area (TPSA) is 15.9 Å². The van der Waals surface area contributed by atoms with Crippen molar-refractivity contribution in [2.45, 2.75) is 13.8 Å². The van der Waals surface area contributed by atoms with E-state index < -0.39 is 13.9 Å². The van der Waals surface area contributed by atoms with Crippen LogP contribution in [0.3, 0.4) is 0 Å². The summed E-state index contributed by atoms with van der Waals surface area (Å²) < 4.78 is 65.4. The van der Waals surface area contributed by atoms with Crippen LogP contribution in [0.25, 0.3) is 54.2 Å². The van der Waals surface area contributed by atoms with Gasteiger partial charge in [0.25, 0.3) is 0 Å². The Labute approximate surface area is 331 Å². The first-order chi connectivity index (χ1) is 28.2. The molecule has 0 spiro atoms. The average Bonchev–Trinajstić information content (AvgIpc) is 4.09. The van der Waals surface area contributed by atoms with E-state index in [0.29, 0.717) is 22.8 Å². The fourth-order valence-corrected chi connectivity index (χ4v) is 9.78. The molecule has 0 saturated heterocycles. The molecule has 4 aliphatic rings. The normalized spacial score (nSPS) is 17.0. The van der Waals surface area contributed by atoms with Crippen LogP contribution in [0.2, 0.25) is 0 Å². The van der Waals surface area contributed by atoms with Gasteiger partial charge in [0.05, 0.1) is 11.1 Å². The zero-order chi connectivity index (χ0) is 39.5. The molecule has 280 valence electrons. The van der Waals surface area contributed by atoms with Crippen LogP contribution >= 0.6 is 0 Å². The second-order valence-corrected chi connectivity index (χ2v) is 15.3. The lowest BCUT2D eigenvalue weighted by Gasteiger charge is -2.31. The Bertz CT molecular complexity index is 2990. The maximum absolute atomic E-state index is 15.2. The highest BCUT2D eigenvalue weighted by molar-refractivity contribution is 6.58. The number of aryl methyl sites for hydroxylation is 2. The second kappa shape index (κ2) is 12.3. The Hall–Kier alpha value is -6.93. The number of hydrogen-bond donors (Lipinski definition) is 0. The summed E-state index contributed by atoms with van der Waals surface area (Å²) >= 11 is 0. The summed E-state index contributed by atoms with van der Waals surface area (Å²) in [5.74, 6) is 0. The standard InChI is InChI=1S/2C24H17BF2N2/c2*1-16-17-8-2-4-10-19(17)23(20-11-5-3-9-18(16)20)24-21-12-6-14-28(21)25(26,27)29-15-7-13-22(24)29/h2*2-15H,1H3. The molecule has 0 aliphatic carbocycles. The Morgan fingerprint density at radius 1 is 0.414 bits per heavy atom. The molecular weight excluding hydrogens is 730 g/mol. The van der Waals surface area contributed by atoms with Gasteiger partial charge in [-0.2, -0.15) is 0 Å². The summed E-state index contributed by atoms with van der Waals surface area (Å²) in [4.78, 5) is 0. The highest BCUT2D eigenvalue weighted by atomic mass is 19.3. The van der Waals surface area contributed by atoms with Crippen LogP contribution in [0.15, 0.2) is 169 Å². The van der Waals surface area contributed by atoms with Gasteiger partial charge in [-0.15, -0.1) is 0 Å². The van der Waals surface area contributed by atoms with Crippen molar-refractivity contribution in [2.24, 2.45) is 0 Å². The molecule has 0 fully saturated rings. The Kier molecular flexibility index (Phi) is 7.27. The van der Waals surface area contributed by atoms with Gasteiger partial charge in [0.15, 0.2) is 11.4 Å². The summed E-state index contributed by atoms with van der Waals surface area (Å²) in [6, 6.07) is 40.0. The summed E-state index contributed by atoms with van der Waals surface area (Å²) in [5.41, 5.74) is 8.34. The lowest BCUT2D eigenvalue weighted by Crippen LogP contribution is -2.49. The van der Waals surface area contributed by atoms with Crippen LogP contribution in [0.4, 0.5) is 17.3 Å². The summed E-state index contributed by atoms with van der Waals surface area (Å²) in [5, 5.41) is 8.91. The molecule has 0 radical (unpaired) electrons. The number of halogens is 4. The van der Waals surface area contributed by atoms with Crippen molar-refractivity contribution >= 4 is 80.6 Å². The molecule has 0 saturated carbocycles. The predicted octanol–water partition coefficient (Wildman–Crippen LogP) is 11.5. The molecule has 0 amide bonds. The van der Waals surface area contributed by atoms with E-state index in [0.717, 1.165) is 83.3 Å². The van der Waals surface area contributed by atoms with Crippen LogP contribution in [0.1, 0.15) is 33.6 Å². The summed E-state index contributed by atoms with van der Waals surface area (Å²) in [7, 11) is 0. The van der Waals surface area contributed by atoms with E-state index in [1.54, 1.807) is 48.6 Å². The van der Waals surface area contributed by atoms with E-state index in [-0.39, 0.29) is 0 Å². The summed E-state index contributed by atoms with van der Waals surface area (Å²) in [6.07, 6.45) is 12.9. The van der Waals surface area contributed by atoms with Gasteiger partial charge < -0.3 is 35.2 Å². The van der Waals surface area contributed by atoms with Crippen molar-refractivity contribution in [3.8, 4) is 0 Å². The van der Waals surface area contributed by atoms with Gasteiger partial charge in [-0.1, -0.05) is 97.1 Å². The van der Waals surface area contributed by atoms with Gasteiger partial charge in [0, 0.05) is 46.8 Å². The van der Waals surface area contributed by atoms with Crippen LogP contribution in [0, 0.1) is 13.8 Å². The molecule has 0 N–H and O–H groups in total. The molecule has 0 bridgehead atoms. The smallest absolute Gasteiger partial charge is 0.396 e. The third-order valence-electron chi connectivity index (χ3n) is 12.4. The van der Waals surface area contributed by atoms with Crippen molar-refractivity contribution in [2.75, 3.05) is 0 Å². The van der Waals surface area contributed by atoms with Gasteiger partial charge in [-0.25, -0.2) is 0 Å². The maximum atomic E-state index is 15.2. The Morgan fingerprint density at radius 2 is 0.724 bits per heavy atom. The van der Waals surface area contributed by atoms with E-state index >= 15 is 17.3 Å². The van der Waals surface area contributed by atoms with Gasteiger partial charge in [-0.3, -0.25) is 0 Å². The molecule has 6 aromatic carbocycles. The van der Waals surface area contributed by atoms with E-state index in [1.165, 1.54) is 35.9 Å². The molecule has 8 aromatic rings. The summed E-state index contributed by atoms with van der Waals surface area (Å²) in [6.45, 7) is -3.55. The van der Waals surface area contributed by atoms with Crippen LogP contribution in [-0.2, 0) is 0 Å². The third-order valence-corrected chi connectivity index (χ3v) is 12.4. The number of rotatable bonds is 2. The second-order valence-electron chi connectivity index (χ2n) is 15.3. The first-order valence-electron chi connectivity index (χ1n) is 19.5. The minimum absolute atomic E-state index is 0.556. The highest BCUT2D eigenvalue weighted by Gasteiger charge is 2.53. The van der Waals surface area contributed by atoms with E-state index in [9.17, 15) is 0 Å². The molecular formula is C48H34B2F4N4. The highest BCUT2D eigenvalue weighted by Crippen LogP contribution is 2.46. The minimum atomic E-state index is -3.90. The number of aromatic nitrogens is 2. The quantitative estimate of drug-likeness (QED) is 0.0947. The Morgan fingerprint density at radius 3 is 1.05 bits per heavy atom. The maximum Gasteiger partial charge on any atom is 0.737 e. The molecule has 0 unspecified atom stereocenters. The SMILES string of the molecule is Cc1c2ccccc2c(C2=C3C=CC=[N+]3[B-](F)(F)n3cccc32)c2ccccc12.Cc1c2ccccc2c(C2=C3C=CC=[N+]3[B-](F)(F)n3cccc32)c2ccccc12. The molecule has 0 atom stereocenters. The van der Waals surface area contributed by atoms with Crippen molar-refractivity contribution < 1.29 is 26.2 Å². The van der Waals surface area contributed by atoms with E-state index in [4.69, 9.17) is 0 Å². The lowest BCUT2D eigenvalue weighted by molar-refractivity contribution is -0.356. The minimum Gasteiger partial charge on any atom is -0.396 e. The van der Waals surface area contributed by atoms with Crippen molar-refractivity contribution in [1.29, 1.82) is 0 Å². The average molecular weight is 764 g/mol. The van der Waals surface area contributed by atoms with E-state index in [2.05, 4.69) is 62.4 Å². The van der Waals surface area contributed by atoms with Crippen LogP contribution in [-0.4, -0.2) is 44.3 Å². The first kappa shape index (κ1) is 34.3. The van der Waals surface area contributed by atoms with Crippen molar-refractivity contribution in [1.82, 2.24) is 8.96 Å². The van der Waals surface area contributed by atoms with Gasteiger partial charge in [0.2, 0.25) is 0 Å². The number of allylic oxidation sites excluding steroid dienone is 4. The van der Waals surface area contributed by atoms with Crippen molar-refractivity contribution in [3.05, 3.63) is 203 Å². The van der Waals surface area contributed by atoms with Crippen LogP contribution < -0.4 is 0 Å². The predicted molar refractivity (Wildman–Crippen MR) is 231 cm³/mol. The molecule has 2 aromatic heterocycles. The third kappa shape index (κ3) is 4.60. The molecule has 4 nitrogen and oxygen atoms in total. The molecule has 58 heavy (non-hydrogen) atoms. The molecule has 6 heterocycles. The van der Waals surface area contributed by atoms with Crippen LogP contribution in [0.5, 0.6) is 0 Å². The van der Waals surface area contributed by atoms with Gasteiger partial charge >= 0.3 is 13.9 Å². The number of nitrogens with zero attached hydrogens (tertiary/aromatic N) is 4. The molecule has 10 heteroatoms. The zero-order valence-corrected chi connectivity index (χ0v) is 31.6. The fourth-order valence-electron chi connectivity index (χ4n) is 9.78. The lowest BCUT2D eigenvalue weighted by atomic mass is 9.82. The monoisotopic (exact) mass is 764 g/mol. The fraction of sp³-hybridized carbons (Fsp3) is 0.0417. The van der Waals surface area contributed by atoms with Crippen molar-refractivity contribution in [3.63, 3.8) is 0 Å². The van der Waals surface area contributed by atoms with Gasteiger partial charge in [-0.05, 0) is 105 Å². The number of benzene rings is 6. The number of fused-ring (bicyclic) bond motifs is 8. The van der Waals surface area contributed by atoms with E-state index in [1.807, 2.05) is 48.5 Å². The largest absolute Gasteiger partial charge is 0.737 e.